The molecule has 0 unspecified atom stereocenters. The van der Waals surface area contributed by atoms with Crippen molar-refractivity contribution in [3.8, 4) is 17.6 Å². The molecule has 0 aromatic heterocycles. The number of nitrogens with zero attached hydrogens (tertiary/aromatic N) is 1. The second kappa shape index (κ2) is 5.91. The lowest BCUT2D eigenvalue weighted by molar-refractivity contribution is 0.0580. The molecular formula is C14H18N2O3. The maximum absolute atomic E-state index is 10.2. The van der Waals surface area contributed by atoms with Crippen molar-refractivity contribution in [1.29, 1.82) is 5.26 Å². The van der Waals surface area contributed by atoms with Crippen LogP contribution >= 0.6 is 0 Å². The van der Waals surface area contributed by atoms with Crippen molar-refractivity contribution in [3.05, 3.63) is 23.3 Å². The number of hydrogen-bond donors (Lipinski definition) is 2. The highest BCUT2D eigenvalue weighted by Crippen LogP contribution is 2.39. The van der Waals surface area contributed by atoms with Gasteiger partial charge >= 0.3 is 0 Å². The zero-order valence-corrected chi connectivity index (χ0v) is 10.9. The molecule has 1 fully saturated rings. The largest absolute Gasteiger partial charge is 0.504 e. The van der Waals surface area contributed by atoms with E-state index in [0.29, 0.717) is 30.1 Å². The van der Waals surface area contributed by atoms with Crippen molar-refractivity contribution in [2.24, 2.45) is 11.7 Å². The molecule has 0 spiro atoms. The van der Waals surface area contributed by atoms with Crippen molar-refractivity contribution >= 4 is 0 Å². The maximum atomic E-state index is 10.2. The van der Waals surface area contributed by atoms with E-state index in [1.165, 1.54) is 7.11 Å². The van der Waals surface area contributed by atoms with E-state index in [-0.39, 0.29) is 17.7 Å². The Kier molecular flexibility index (Phi) is 4.25. The second-order valence-corrected chi connectivity index (χ2v) is 4.67. The summed E-state index contributed by atoms with van der Waals surface area (Å²) in [4.78, 5) is 0. The molecule has 1 atom stereocenters. The summed E-state index contributed by atoms with van der Waals surface area (Å²) in [6.45, 7) is 1.34. The Balaban J connectivity index is 2.38. The van der Waals surface area contributed by atoms with Gasteiger partial charge in [-0.1, -0.05) is 0 Å². The molecule has 0 radical (unpaired) electrons. The number of methoxy groups -OCH3 is 1. The SMILES string of the molecule is COc1ccc(C#N)c([C@H](N)C2CCOCC2)c1O. The van der Waals surface area contributed by atoms with Gasteiger partial charge in [-0.2, -0.15) is 5.26 Å². The van der Waals surface area contributed by atoms with E-state index in [0.717, 1.165) is 12.8 Å². The number of nitriles is 1. The molecule has 102 valence electrons. The fraction of sp³-hybridized carbons (Fsp3) is 0.500. The summed E-state index contributed by atoms with van der Waals surface area (Å²) in [5.41, 5.74) is 7.13. The number of phenols is 1. The summed E-state index contributed by atoms with van der Waals surface area (Å²) in [6.07, 6.45) is 1.67. The Hall–Kier alpha value is -1.77. The van der Waals surface area contributed by atoms with E-state index in [4.69, 9.17) is 15.2 Å². The summed E-state index contributed by atoms with van der Waals surface area (Å²) >= 11 is 0. The van der Waals surface area contributed by atoms with Crippen LogP contribution in [-0.4, -0.2) is 25.4 Å². The van der Waals surface area contributed by atoms with Crippen LogP contribution in [-0.2, 0) is 4.74 Å². The Morgan fingerprint density at radius 2 is 2.16 bits per heavy atom. The van der Waals surface area contributed by atoms with E-state index in [1.54, 1.807) is 12.1 Å². The molecule has 2 rings (SSSR count). The minimum atomic E-state index is -0.381. The molecule has 1 aromatic rings. The van der Waals surface area contributed by atoms with Gasteiger partial charge in [-0.05, 0) is 30.9 Å². The summed E-state index contributed by atoms with van der Waals surface area (Å²) in [5, 5.41) is 19.4. The second-order valence-electron chi connectivity index (χ2n) is 4.67. The van der Waals surface area contributed by atoms with Crippen molar-refractivity contribution in [1.82, 2.24) is 0 Å². The standard InChI is InChI=1S/C14H18N2O3/c1-18-11-3-2-10(8-15)12(14(11)17)13(16)9-4-6-19-7-5-9/h2-3,9,13,17H,4-7,16H2,1H3/t13-/m1/s1. The fourth-order valence-corrected chi connectivity index (χ4v) is 2.50. The molecule has 0 aliphatic carbocycles. The van der Waals surface area contributed by atoms with Gasteiger partial charge in [0.2, 0.25) is 0 Å². The van der Waals surface area contributed by atoms with Crippen LogP contribution in [0.3, 0.4) is 0 Å². The highest BCUT2D eigenvalue weighted by molar-refractivity contribution is 5.55. The number of ether oxygens (including phenoxy) is 2. The predicted molar refractivity (Wildman–Crippen MR) is 69.8 cm³/mol. The molecular weight excluding hydrogens is 244 g/mol. The van der Waals surface area contributed by atoms with E-state index in [1.807, 2.05) is 0 Å². The average Bonchev–Trinajstić information content (AvgIpc) is 2.47. The Labute approximate surface area is 112 Å². The van der Waals surface area contributed by atoms with Crippen LogP contribution in [0.15, 0.2) is 12.1 Å². The number of hydrogen-bond acceptors (Lipinski definition) is 5. The number of phenolic OH excluding ortho intramolecular Hbond substituents is 1. The highest BCUT2D eigenvalue weighted by atomic mass is 16.5. The van der Waals surface area contributed by atoms with Crippen LogP contribution in [0.5, 0.6) is 11.5 Å². The molecule has 1 heterocycles. The fourth-order valence-electron chi connectivity index (χ4n) is 2.50. The molecule has 0 saturated carbocycles. The van der Waals surface area contributed by atoms with Gasteiger partial charge in [-0.25, -0.2) is 0 Å². The first-order chi connectivity index (χ1) is 9.19. The summed E-state index contributed by atoms with van der Waals surface area (Å²) in [6, 6.07) is 4.91. The van der Waals surface area contributed by atoms with Crippen LogP contribution < -0.4 is 10.5 Å². The normalized spacial score (nSPS) is 17.7. The molecule has 3 N–H and O–H groups in total. The van der Waals surface area contributed by atoms with Gasteiger partial charge in [0.1, 0.15) is 0 Å². The number of aromatic hydroxyl groups is 1. The Morgan fingerprint density at radius 1 is 1.47 bits per heavy atom. The third-order valence-corrected chi connectivity index (χ3v) is 3.63. The Morgan fingerprint density at radius 3 is 2.74 bits per heavy atom. The van der Waals surface area contributed by atoms with E-state index < -0.39 is 0 Å². The lowest BCUT2D eigenvalue weighted by Crippen LogP contribution is -2.28. The number of nitrogens with two attached hydrogens (primary N) is 1. The molecule has 0 bridgehead atoms. The number of rotatable bonds is 3. The first-order valence-corrected chi connectivity index (χ1v) is 6.32. The van der Waals surface area contributed by atoms with Gasteiger partial charge in [0.15, 0.2) is 11.5 Å². The maximum Gasteiger partial charge on any atom is 0.163 e. The van der Waals surface area contributed by atoms with Crippen molar-refractivity contribution < 1.29 is 14.6 Å². The van der Waals surface area contributed by atoms with Crippen LogP contribution in [0.1, 0.15) is 30.0 Å². The zero-order chi connectivity index (χ0) is 13.8. The predicted octanol–water partition coefficient (Wildman–Crippen LogP) is 1.70. The highest BCUT2D eigenvalue weighted by Gasteiger charge is 2.27. The molecule has 5 heteroatoms. The molecule has 5 nitrogen and oxygen atoms in total. The lowest BCUT2D eigenvalue weighted by atomic mass is 9.85. The smallest absolute Gasteiger partial charge is 0.163 e. The van der Waals surface area contributed by atoms with Crippen LogP contribution in [0.25, 0.3) is 0 Å². The van der Waals surface area contributed by atoms with Gasteiger partial charge in [-0.15, -0.1) is 0 Å². The van der Waals surface area contributed by atoms with Crippen LogP contribution in [0.2, 0.25) is 0 Å². The summed E-state index contributed by atoms with van der Waals surface area (Å²) < 4.78 is 10.4. The lowest BCUT2D eigenvalue weighted by Gasteiger charge is -2.29. The van der Waals surface area contributed by atoms with Gasteiger partial charge in [0.25, 0.3) is 0 Å². The summed E-state index contributed by atoms with van der Waals surface area (Å²) in [5.74, 6) is 0.524. The molecule has 1 aliphatic heterocycles. The van der Waals surface area contributed by atoms with Gasteiger partial charge in [0, 0.05) is 24.8 Å². The van der Waals surface area contributed by atoms with E-state index in [2.05, 4.69) is 6.07 Å². The van der Waals surface area contributed by atoms with Crippen molar-refractivity contribution in [2.75, 3.05) is 20.3 Å². The van der Waals surface area contributed by atoms with Crippen LogP contribution in [0.4, 0.5) is 0 Å². The average molecular weight is 262 g/mol. The minimum absolute atomic E-state index is 0.0273. The van der Waals surface area contributed by atoms with Crippen LogP contribution in [0, 0.1) is 17.2 Å². The van der Waals surface area contributed by atoms with E-state index in [9.17, 15) is 10.4 Å². The molecule has 1 aliphatic rings. The molecule has 19 heavy (non-hydrogen) atoms. The minimum Gasteiger partial charge on any atom is -0.504 e. The van der Waals surface area contributed by atoms with Crippen molar-refractivity contribution in [3.63, 3.8) is 0 Å². The van der Waals surface area contributed by atoms with Gasteiger partial charge in [-0.3, -0.25) is 0 Å². The third-order valence-electron chi connectivity index (χ3n) is 3.63. The molecule has 1 saturated heterocycles. The van der Waals surface area contributed by atoms with Gasteiger partial charge < -0.3 is 20.3 Å². The monoisotopic (exact) mass is 262 g/mol. The first-order valence-electron chi connectivity index (χ1n) is 6.32. The Bertz CT molecular complexity index is 490. The topological polar surface area (TPSA) is 88.5 Å². The quantitative estimate of drug-likeness (QED) is 0.865. The molecule has 0 amide bonds. The number of benzene rings is 1. The van der Waals surface area contributed by atoms with Crippen molar-refractivity contribution in [2.45, 2.75) is 18.9 Å². The summed E-state index contributed by atoms with van der Waals surface area (Å²) in [7, 11) is 1.48. The van der Waals surface area contributed by atoms with E-state index >= 15 is 0 Å². The van der Waals surface area contributed by atoms with Gasteiger partial charge in [0.05, 0.1) is 18.7 Å². The first kappa shape index (κ1) is 13.7. The zero-order valence-electron chi connectivity index (χ0n) is 10.9. The third kappa shape index (κ3) is 2.65. The molecule has 1 aromatic carbocycles.